The molecule has 0 unspecified atom stereocenters. The Bertz CT molecular complexity index is 851. The van der Waals surface area contributed by atoms with Crippen molar-refractivity contribution in [2.45, 2.75) is 19.4 Å². The Hall–Kier alpha value is -3.22. The summed E-state index contributed by atoms with van der Waals surface area (Å²) in [6, 6.07) is 11.4. The summed E-state index contributed by atoms with van der Waals surface area (Å²) in [5.74, 6) is -1.83. The number of nitrogens with one attached hydrogen (secondary N) is 1. The van der Waals surface area contributed by atoms with E-state index in [0.29, 0.717) is 11.4 Å². The summed E-state index contributed by atoms with van der Waals surface area (Å²) >= 11 is 0. The first-order valence-electron chi connectivity index (χ1n) is 8.09. The number of para-hydroxylation sites is 2. The number of ether oxygens (including phenoxy) is 1. The van der Waals surface area contributed by atoms with Gasteiger partial charge in [-0.15, -0.1) is 0 Å². The molecule has 0 radical (unpaired) electrons. The van der Waals surface area contributed by atoms with Gasteiger partial charge in [0.2, 0.25) is 5.91 Å². The van der Waals surface area contributed by atoms with E-state index in [4.69, 9.17) is 4.74 Å². The van der Waals surface area contributed by atoms with Gasteiger partial charge in [0.15, 0.2) is 6.61 Å². The van der Waals surface area contributed by atoms with Crippen molar-refractivity contribution >= 4 is 29.2 Å². The molecule has 0 saturated heterocycles. The standard InChI is InChI=1S/C19H17FN2O4/c1-12-10-17(23)21-15-4-2-3-5-16(15)22(12)18(24)11-26-19(25)13-6-8-14(20)9-7-13/h2-9,12H,10-11H2,1H3,(H,21,23)/t12-/m1/s1. The predicted octanol–water partition coefficient (Wildman–Crippen LogP) is 2.75. The summed E-state index contributed by atoms with van der Waals surface area (Å²) in [6.07, 6.45) is 0.131. The molecule has 26 heavy (non-hydrogen) atoms. The Kier molecular flexibility index (Phi) is 4.97. The smallest absolute Gasteiger partial charge is 0.338 e. The lowest BCUT2D eigenvalue weighted by molar-refractivity contribution is -0.122. The van der Waals surface area contributed by atoms with Gasteiger partial charge >= 0.3 is 5.97 Å². The fraction of sp³-hybridized carbons (Fsp3) is 0.211. The lowest BCUT2D eigenvalue weighted by atomic mass is 10.1. The van der Waals surface area contributed by atoms with Gasteiger partial charge < -0.3 is 15.0 Å². The summed E-state index contributed by atoms with van der Waals surface area (Å²) in [5, 5.41) is 2.76. The zero-order valence-corrected chi connectivity index (χ0v) is 14.1. The highest BCUT2D eigenvalue weighted by Gasteiger charge is 2.30. The van der Waals surface area contributed by atoms with E-state index >= 15 is 0 Å². The van der Waals surface area contributed by atoms with Gasteiger partial charge in [-0.1, -0.05) is 12.1 Å². The van der Waals surface area contributed by atoms with Crippen LogP contribution in [0.2, 0.25) is 0 Å². The molecule has 0 aliphatic carbocycles. The van der Waals surface area contributed by atoms with E-state index in [1.54, 1.807) is 31.2 Å². The first-order chi connectivity index (χ1) is 12.5. The molecule has 0 spiro atoms. The van der Waals surface area contributed by atoms with E-state index in [1.807, 2.05) is 0 Å². The van der Waals surface area contributed by atoms with Crippen molar-refractivity contribution in [3.05, 3.63) is 59.9 Å². The second kappa shape index (κ2) is 7.35. The highest BCUT2D eigenvalue weighted by molar-refractivity contribution is 6.05. The number of esters is 1. The maximum Gasteiger partial charge on any atom is 0.338 e. The number of carbonyl (C=O) groups is 3. The molecule has 0 bridgehead atoms. The first kappa shape index (κ1) is 17.6. The molecule has 0 fully saturated rings. The molecule has 1 atom stereocenters. The number of carbonyl (C=O) groups excluding carboxylic acids is 3. The van der Waals surface area contributed by atoms with Gasteiger partial charge in [-0.2, -0.15) is 0 Å². The van der Waals surface area contributed by atoms with Gasteiger partial charge in [0.05, 0.1) is 16.9 Å². The molecule has 2 aromatic carbocycles. The van der Waals surface area contributed by atoms with Gasteiger partial charge in [0.1, 0.15) is 5.82 Å². The molecular formula is C19H17FN2O4. The van der Waals surface area contributed by atoms with Crippen LogP contribution < -0.4 is 10.2 Å². The van der Waals surface area contributed by atoms with Gasteiger partial charge in [-0.05, 0) is 43.3 Å². The third-order valence-corrected chi connectivity index (χ3v) is 4.03. The summed E-state index contributed by atoms with van der Waals surface area (Å²) < 4.78 is 18.0. The van der Waals surface area contributed by atoms with E-state index in [1.165, 1.54) is 17.0 Å². The number of fused-ring (bicyclic) bond motifs is 1. The van der Waals surface area contributed by atoms with E-state index in [0.717, 1.165) is 12.1 Å². The highest BCUT2D eigenvalue weighted by Crippen LogP contribution is 2.31. The van der Waals surface area contributed by atoms with Gasteiger partial charge in [0.25, 0.3) is 5.91 Å². The van der Waals surface area contributed by atoms with Crippen LogP contribution >= 0.6 is 0 Å². The van der Waals surface area contributed by atoms with Crippen LogP contribution in [0.5, 0.6) is 0 Å². The molecule has 2 aromatic rings. The summed E-state index contributed by atoms with van der Waals surface area (Å²) in [6.45, 7) is 1.27. The monoisotopic (exact) mass is 356 g/mol. The van der Waals surface area contributed by atoms with Crippen LogP contribution in [0.3, 0.4) is 0 Å². The normalized spacial score (nSPS) is 16.3. The maximum atomic E-state index is 12.9. The molecule has 1 aliphatic rings. The fourth-order valence-electron chi connectivity index (χ4n) is 2.83. The van der Waals surface area contributed by atoms with Gasteiger partial charge in [0, 0.05) is 12.5 Å². The van der Waals surface area contributed by atoms with Crippen molar-refractivity contribution in [3.8, 4) is 0 Å². The minimum Gasteiger partial charge on any atom is -0.452 e. The Morgan fingerprint density at radius 3 is 2.62 bits per heavy atom. The van der Waals surface area contributed by atoms with Crippen molar-refractivity contribution < 1.29 is 23.5 Å². The first-order valence-corrected chi connectivity index (χ1v) is 8.09. The van der Waals surface area contributed by atoms with Crippen molar-refractivity contribution in [2.75, 3.05) is 16.8 Å². The number of hydrogen-bond donors (Lipinski definition) is 1. The number of amides is 2. The maximum absolute atomic E-state index is 12.9. The number of nitrogens with zero attached hydrogens (tertiary/aromatic N) is 1. The number of benzene rings is 2. The zero-order chi connectivity index (χ0) is 18.7. The molecule has 3 rings (SSSR count). The van der Waals surface area contributed by atoms with Crippen LogP contribution in [-0.4, -0.2) is 30.4 Å². The summed E-state index contributed by atoms with van der Waals surface area (Å²) in [5.41, 5.74) is 1.23. The van der Waals surface area contributed by atoms with Crippen LogP contribution in [0, 0.1) is 5.82 Å². The number of rotatable bonds is 3. The van der Waals surface area contributed by atoms with Gasteiger partial charge in [-0.25, -0.2) is 9.18 Å². The molecule has 6 nitrogen and oxygen atoms in total. The zero-order valence-electron chi connectivity index (χ0n) is 14.1. The fourth-order valence-corrected chi connectivity index (χ4v) is 2.83. The SMILES string of the molecule is C[C@@H]1CC(=O)Nc2ccccc2N1C(=O)COC(=O)c1ccc(F)cc1. The van der Waals surface area contributed by atoms with E-state index in [9.17, 15) is 18.8 Å². The molecule has 134 valence electrons. The summed E-state index contributed by atoms with van der Waals surface area (Å²) in [7, 11) is 0. The van der Waals surface area contributed by atoms with Crippen LogP contribution in [0.15, 0.2) is 48.5 Å². The highest BCUT2D eigenvalue weighted by atomic mass is 19.1. The minimum atomic E-state index is -0.719. The average molecular weight is 356 g/mol. The number of anilines is 2. The second-order valence-electron chi connectivity index (χ2n) is 5.97. The van der Waals surface area contributed by atoms with Crippen LogP contribution in [0.25, 0.3) is 0 Å². The molecule has 0 saturated carbocycles. The number of halogens is 1. The molecule has 0 aromatic heterocycles. The largest absolute Gasteiger partial charge is 0.452 e. The molecular weight excluding hydrogens is 339 g/mol. The van der Waals surface area contributed by atoms with Crippen molar-refractivity contribution in [1.29, 1.82) is 0 Å². The van der Waals surface area contributed by atoms with Crippen LogP contribution in [0.4, 0.5) is 15.8 Å². The lowest BCUT2D eigenvalue weighted by Gasteiger charge is -2.27. The van der Waals surface area contributed by atoms with E-state index in [-0.39, 0.29) is 17.9 Å². The van der Waals surface area contributed by atoms with E-state index < -0.39 is 30.3 Å². The van der Waals surface area contributed by atoms with Crippen molar-refractivity contribution in [3.63, 3.8) is 0 Å². The molecule has 7 heteroatoms. The van der Waals surface area contributed by atoms with Crippen molar-refractivity contribution in [2.24, 2.45) is 0 Å². The van der Waals surface area contributed by atoms with Crippen molar-refractivity contribution in [1.82, 2.24) is 0 Å². The Labute approximate surface area is 149 Å². The minimum absolute atomic E-state index is 0.131. The third-order valence-electron chi connectivity index (χ3n) is 4.03. The molecule has 2 amide bonds. The average Bonchev–Trinajstić information content (AvgIpc) is 2.74. The predicted molar refractivity (Wildman–Crippen MR) is 93.3 cm³/mol. The Balaban J connectivity index is 1.75. The molecule has 1 N–H and O–H groups in total. The molecule has 1 aliphatic heterocycles. The van der Waals surface area contributed by atoms with Gasteiger partial charge in [-0.3, -0.25) is 9.59 Å². The second-order valence-corrected chi connectivity index (χ2v) is 5.97. The van der Waals surface area contributed by atoms with E-state index in [2.05, 4.69) is 5.32 Å². The topological polar surface area (TPSA) is 75.7 Å². The Morgan fingerprint density at radius 2 is 1.88 bits per heavy atom. The molecule has 1 heterocycles. The third kappa shape index (κ3) is 3.72. The summed E-state index contributed by atoms with van der Waals surface area (Å²) in [4.78, 5) is 38.1. The van der Waals surface area contributed by atoms with Crippen LogP contribution in [0.1, 0.15) is 23.7 Å². The number of hydrogen-bond acceptors (Lipinski definition) is 4. The van der Waals surface area contributed by atoms with Crippen LogP contribution in [-0.2, 0) is 14.3 Å². The Morgan fingerprint density at radius 1 is 1.19 bits per heavy atom. The quantitative estimate of drug-likeness (QED) is 0.858. The lowest BCUT2D eigenvalue weighted by Crippen LogP contribution is -2.41.